The van der Waals surface area contributed by atoms with E-state index in [1.165, 1.54) is 24.3 Å². The van der Waals surface area contributed by atoms with Crippen LogP contribution in [0.25, 0.3) is 0 Å². The maximum absolute atomic E-state index is 12.6. The van der Waals surface area contributed by atoms with Gasteiger partial charge in [-0.25, -0.2) is 13.1 Å². The number of hydrogen-bond acceptors (Lipinski definition) is 5. The Hall–Kier alpha value is -2.32. The highest BCUT2D eigenvalue weighted by atomic mass is 32.2. The Balaban J connectivity index is 2.42. The second kappa shape index (κ2) is 6.84. The van der Waals surface area contributed by atoms with E-state index in [2.05, 4.69) is 9.71 Å². The first-order valence-corrected chi connectivity index (χ1v) is 8.48. The normalized spacial score (nSPS) is 13.0. The van der Waals surface area contributed by atoms with Gasteiger partial charge in [-0.05, 0) is 24.1 Å². The molecule has 1 heterocycles. The summed E-state index contributed by atoms with van der Waals surface area (Å²) in [4.78, 5) is 14.2. The molecule has 1 atom stereocenters. The third kappa shape index (κ3) is 3.91. The van der Waals surface area contributed by atoms with E-state index < -0.39 is 26.7 Å². The number of sulfonamides is 1. The number of nitrogens with one attached hydrogen (secondary N) is 1. The van der Waals surface area contributed by atoms with E-state index >= 15 is 0 Å². The molecular weight excluding hydrogens is 318 g/mol. The van der Waals surface area contributed by atoms with Crippen LogP contribution in [0.4, 0.5) is 5.69 Å². The average Bonchev–Trinajstić information content (AvgIpc) is 2.53. The number of nitro groups is 1. The SMILES string of the molecule is CC(C)C(NS(=O)(=O)c1ccccc1[N+](=O)[O-])c1ccccn1. The first-order valence-electron chi connectivity index (χ1n) is 6.99. The van der Waals surface area contributed by atoms with Crippen LogP contribution in [0, 0.1) is 16.0 Å². The second-order valence-electron chi connectivity index (χ2n) is 5.32. The highest BCUT2D eigenvalue weighted by Crippen LogP contribution is 2.27. The molecule has 122 valence electrons. The summed E-state index contributed by atoms with van der Waals surface area (Å²) in [6.45, 7) is 3.70. The Morgan fingerprint density at radius 1 is 1.13 bits per heavy atom. The van der Waals surface area contributed by atoms with Crippen molar-refractivity contribution in [2.75, 3.05) is 0 Å². The van der Waals surface area contributed by atoms with Crippen LogP contribution >= 0.6 is 0 Å². The quantitative estimate of drug-likeness (QED) is 0.646. The summed E-state index contributed by atoms with van der Waals surface area (Å²) in [6.07, 6.45) is 1.57. The van der Waals surface area contributed by atoms with Crippen molar-refractivity contribution in [2.24, 2.45) is 5.92 Å². The van der Waals surface area contributed by atoms with Gasteiger partial charge in [0, 0.05) is 12.3 Å². The van der Waals surface area contributed by atoms with Crippen LogP contribution in [-0.4, -0.2) is 18.3 Å². The molecule has 1 unspecified atom stereocenters. The van der Waals surface area contributed by atoms with Crippen molar-refractivity contribution in [3.05, 3.63) is 64.5 Å². The fraction of sp³-hybridized carbons (Fsp3) is 0.267. The van der Waals surface area contributed by atoms with E-state index in [4.69, 9.17) is 0 Å². The summed E-state index contributed by atoms with van der Waals surface area (Å²) < 4.78 is 27.7. The number of aromatic nitrogens is 1. The molecule has 0 amide bonds. The maximum Gasteiger partial charge on any atom is 0.289 e. The van der Waals surface area contributed by atoms with Gasteiger partial charge >= 0.3 is 0 Å². The molecule has 8 heteroatoms. The molecular formula is C15H17N3O4S. The highest BCUT2D eigenvalue weighted by molar-refractivity contribution is 7.89. The summed E-state index contributed by atoms with van der Waals surface area (Å²) in [7, 11) is -4.06. The van der Waals surface area contributed by atoms with Crippen molar-refractivity contribution in [3.8, 4) is 0 Å². The number of pyridine rings is 1. The number of nitrogens with zero attached hydrogens (tertiary/aromatic N) is 2. The first kappa shape index (κ1) is 17.0. The molecule has 1 N–H and O–H groups in total. The van der Waals surface area contributed by atoms with E-state index in [-0.39, 0.29) is 10.8 Å². The zero-order valence-electron chi connectivity index (χ0n) is 12.7. The maximum atomic E-state index is 12.6. The molecule has 1 aromatic carbocycles. The first-order chi connectivity index (χ1) is 10.8. The van der Waals surface area contributed by atoms with Gasteiger partial charge in [0.15, 0.2) is 4.90 Å². The predicted molar refractivity (Wildman–Crippen MR) is 85.2 cm³/mol. The van der Waals surface area contributed by atoms with E-state index in [9.17, 15) is 18.5 Å². The largest absolute Gasteiger partial charge is 0.289 e. The van der Waals surface area contributed by atoms with Crippen LogP contribution in [0.1, 0.15) is 25.6 Å². The third-order valence-corrected chi connectivity index (χ3v) is 4.80. The molecule has 0 fully saturated rings. The van der Waals surface area contributed by atoms with Crippen molar-refractivity contribution < 1.29 is 13.3 Å². The smallest absolute Gasteiger partial charge is 0.260 e. The molecule has 1 aromatic heterocycles. The minimum Gasteiger partial charge on any atom is -0.260 e. The summed E-state index contributed by atoms with van der Waals surface area (Å²) in [5.41, 5.74) is 0.105. The average molecular weight is 335 g/mol. The Morgan fingerprint density at radius 2 is 1.78 bits per heavy atom. The van der Waals surface area contributed by atoms with Gasteiger partial charge in [0.2, 0.25) is 10.0 Å². The predicted octanol–water partition coefficient (Wildman–Crippen LogP) is 2.67. The Bertz CT molecular complexity index is 791. The molecule has 7 nitrogen and oxygen atoms in total. The molecule has 0 aliphatic carbocycles. The molecule has 0 aliphatic heterocycles. The lowest BCUT2D eigenvalue weighted by atomic mass is 10.0. The zero-order chi connectivity index (χ0) is 17.0. The Kier molecular flexibility index (Phi) is 5.07. The van der Waals surface area contributed by atoms with Crippen molar-refractivity contribution >= 4 is 15.7 Å². The molecule has 23 heavy (non-hydrogen) atoms. The monoisotopic (exact) mass is 335 g/mol. The van der Waals surface area contributed by atoms with Crippen molar-refractivity contribution in [3.63, 3.8) is 0 Å². The highest BCUT2D eigenvalue weighted by Gasteiger charge is 2.29. The summed E-state index contributed by atoms with van der Waals surface area (Å²) >= 11 is 0. The van der Waals surface area contributed by atoms with Gasteiger partial charge in [-0.3, -0.25) is 15.1 Å². The lowest BCUT2D eigenvalue weighted by Gasteiger charge is -2.21. The topological polar surface area (TPSA) is 102 Å². The minimum absolute atomic E-state index is 0.0811. The van der Waals surface area contributed by atoms with Crippen LogP contribution in [0.2, 0.25) is 0 Å². The lowest BCUT2D eigenvalue weighted by Crippen LogP contribution is -2.32. The van der Waals surface area contributed by atoms with Gasteiger partial charge in [0.05, 0.1) is 16.7 Å². The van der Waals surface area contributed by atoms with Gasteiger partial charge in [-0.15, -0.1) is 0 Å². The van der Waals surface area contributed by atoms with Crippen LogP contribution in [-0.2, 0) is 10.0 Å². The van der Waals surface area contributed by atoms with E-state index in [0.717, 1.165) is 0 Å². The molecule has 0 saturated heterocycles. The summed E-state index contributed by atoms with van der Waals surface area (Å²) in [5.74, 6) is -0.0811. The van der Waals surface area contributed by atoms with Gasteiger partial charge in [0.1, 0.15) is 0 Å². The Labute approximate surface area is 134 Å². The summed E-state index contributed by atoms with van der Waals surface area (Å²) in [6, 6.07) is 9.89. The Morgan fingerprint density at radius 3 is 2.35 bits per heavy atom. The van der Waals surface area contributed by atoms with Crippen LogP contribution in [0.3, 0.4) is 0 Å². The number of benzene rings is 1. The van der Waals surface area contributed by atoms with Gasteiger partial charge < -0.3 is 0 Å². The van der Waals surface area contributed by atoms with Crippen LogP contribution in [0.5, 0.6) is 0 Å². The third-order valence-electron chi connectivity index (χ3n) is 3.31. The fourth-order valence-corrected chi connectivity index (χ4v) is 3.69. The van der Waals surface area contributed by atoms with Gasteiger partial charge in [-0.1, -0.05) is 32.0 Å². The van der Waals surface area contributed by atoms with E-state index in [1.807, 2.05) is 13.8 Å². The lowest BCUT2D eigenvalue weighted by molar-refractivity contribution is -0.387. The number of rotatable bonds is 6. The van der Waals surface area contributed by atoms with E-state index in [0.29, 0.717) is 5.69 Å². The van der Waals surface area contributed by atoms with Crippen molar-refractivity contribution in [2.45, 2.75) is 24.8 Å². The van der Waals surface area contributed by atoms with Crippen LogP contribution in [0.15, 0.2) is 53.6 Å². The number of nitro benzene ring substituents is 1. The van der Waals surface area contributed by atoms with Crippen LogP contribution < -0.4 is 4.72 Å². The molecule has 0 spiro atoms. The standard InChI is InChI=1S/C15H17N3O4S/c1-11(2)15(12-7-5-6-10-16-12)17-23(21,22)14-9-4-3-8-13(14)18(19)20/h3-11,15,17H,1-2H3. The molecule has 0 aliphatic rings. The number of para-hydroxylation sites is 1. The molecule has 2 rings (SSSR count). The van der Waals surface area contributed by atoms with Crippen molar-refractivity contribution in [1.29, 1.82) is 0 Å². The van der Waals surface area contributed by atoms with Crippen molar-refractivity contribution in [1.82, 2.24) is 9.71 Å². The second-order valence-corrected chi connectivity index (χ2v) is 7.00. The molecule has 2 aromatic rings. The number of hydrogen-bond donors (Lipinski definition) is 1. The minimum atomic E-state index is -4.06. The molecule has 0 saturated carbocycles. The van der Waals surface area contributed by atoms with E-state index in [1.54, 1.807) is 24.4 Å². The van der Waals surface area contributed by atoms with Gasteiger partial charge in [0.25, 0.3) is 5.69 Å². The van der Waals surface area contributed by atoms with Gasteiger partial charge in [-0.2, -0.15) is 0 Å². The molecule has 0 bridgehead atoms. The summed E-state index contributed by atoms with van der Waals surface area (Å²) in [5, 5.41) is 11.1. The molecule has 0 radical (unpaired) electrons. The zero-order valence-corrected chi connectivity index (χ0v) is 13.5. The fourth-order valence-electron chi connectivity index (χ4n) is 2.16.